The summed E-state index contributed by atoms with van der Waals surface area (Å²) >= 11 is 0. The summed E-state index contributed by atoms with van der Waals surface area (Å²) in [6.07, 6.45) is 3.38. The Bertz CT molecular complexity index is 459. The van der Waals surface area contributed by atoms with E-state index < -0.39 is 17.2 Å². The predicted octanol–water partition coefficient (Wildman–Crippen LogP) is 2.16. The summed E-state index contributed by atoms with van der Waals surface area (Å²) in [5.74, 6) is -1.79. The van der Waals surface area contributed by atoms with E-state index in [0.717, 1.165) is 12.8 Å². The predicted molar refractivity (Wildman–Crippen MR) is 70.9 cm³/mol. The highest BCUT2D eigenvalue weighted by molar-refractivity contribution is 5.49. The van der Waals surface area contributed by atoms with Crippen LogP contribution in [0, 0.1) is 11.6 Å². The van der Waals surface area contributed by atoms with Gasteiger partial charge in [-0.15, -0.1) is 0 Å². The van der Waals surface area contributed by atoms with E-state index in [0.29, 0.717) is 19.4 Å². The lowest BCUT2D eigenvalue weighted by Gasteiger charge is -2.30. The molecule has 1 aromatic carbocycles. The number of likely N-dealkylation sites (N-methyl/N-ethyl adjacent to an activating group) is 1. The van der Waals surface area contributed by atoms with Crippen LogP contribution in [-0.2, 0) is 6.54 Å². The Morgan fingerprint density at radius 1 is 1.26 bits per heavy atom. The van der Waals surface area contributed by atoms with Crippen molar-refractivity contribution in [3.8, 4) is 0 Å². The summed E-state index contributed by atoms with van der Waals surface area (Å²) < 4.78 is 27.6. The van der Waals surface area contributed by atoms with Crippen molar-refractivity contribution in [2.75, 3.05) is 18.5 Å². The molecule has 0 amide bonds. The molecule has 0 aromatic heterocycles. The number of benzene rings is 1. The minimum atomic E-state index is -0.898. The molecule has 0 saturated heterocycles. The molecule has 0 radical (unpaired) electrons. The summed E-state index contributed by atoms with van der Waals surface area (Å²) in [4.78, 5) is 1.57. The van der Waals surface area contributed by atoms with E-state index in [2.05, 4.69) is 0 Å². The van der Waals surface area contributed by atoms with Crippen LogP contribution in [0.3, 0.4) is 0 Å². The normalized spacial score (nSPS) is 17.7. The van der Waals surface area contributed by atoms with Gasteiger partial charge in [0, 0.05) is 25.7 Å². The summed E-state index contributed by atoms with van der Waals surface area (Å²) in [5.41, 5.74) is 4.87. The molecule has 3 N–H and O–H groups in total. The van der Waals surface area contributed by atoms with Crippen molar-refractivity contribution < 1.29 is 13.9 Å². The SMILES string of the molecule is CN(CC1(O)CCCC1)c1ccc(CN)c(F)c1F. The van der Waals surface area contributed by atoms with Gasteiger partial charge in [0.2, 0.25) is 0 Å². The standard InChI is InChI=1S/C14H20F2N2O/c1-18(9-14(19)6-2-3-7-14)11-5-4-10(8-17)12(15)13(11)16/h4-5,19H,2-3,6-9,17H2,1H3. The van der Waals surface area contributed by atoms with Crippen LogP contribution in [-0.4, -0.2) is 24.3 Å². The van der Waals surface area contributed by atoms with Gasteiger partial charge in [-0.2, -0.15) is 0 Å². The Morgan fingerprint density at radius 3 is 2.47 bits per heavy atom. The number of halogens is 2. The molecule has 0 unspecified atom stereocenters. The maximum atomic E-state index is 13.9. The molecule has 5 heteroatoms. The number of rotatable bonds is 4. The van der Waals surface area contributed by atoms with Crippen LogP contribution in [0.2, 0.25) is 0 Å². The van der Waals surface area contributed by atoms with Gasteiger partial charge in [0.15, 0.2) is 11.6 Å². The van der Waals surface area contributed by atoms with E-state index in [1.807, 2.05) is 0 Å². The number of anilines is 1. The van der Waals surface area contributed by atoms with Gasteiger partial charge in [-0.05, 0) is 18.9 Å². The fourth-order valence-electron chi connectivity index (χ4n) is 2.75. The Morgan fingerprint density at radius 2 is 1.89 bits per heavy atom. The first-order chi connectivity index (χ1) is 8.97. The lowest BCUT2D eigenvalue weighted by Crippen LogP contribution is -2.39. The molecule has 0 atom stereocenters. The van der Waals surface area contributed by atoms with Crippen LogP contribution in [0.5, 0.6) is 0 Å². The third-order valence-electron chi connectivity index (χ3n) is 3.84. The van der Waals surface area contributed by atoms with Crippen LogP contribution < -0.4 is 10.6 Å². The van der Waals surface area contributed by atoms with Crippen molar-refractivity contribution >= 4 is 5.69 Å². The zero-order chi connectivity index (χ0) is 14.0. The molecule has 0 spiro atoms. The molecule has 1 aliphatic rings. The van der Waals surface area contributed by atoms with E-state index in [9.17, 15) is 13.9 Å². The summed E-state index contributed by atoms with van der Waals surface area (Å²) in [5, 5.41) is 10.3. The Hall–Kier alpha value is -1.20. The molecule has 0 heterocycles. The molecular formula is C14H20F2N2O. The summed E-state index contributed by atoms with van der Waals surface area (Å²) in [7, 11) is 1.66. The zero-order valence-electron chi connectivity index (χ0n) is 11.1. The molecule has 0 bridgehead atoms. The maximum absolute atomic E-state index is 13.9. The van der Waals surface area contributed by atoms with Gasteiger partial charge < -0.3 is 15.7 Å². The maximum Gasteiger partial charge on any atom is 0.182 e. The molecule has 0 aliphatic heterocycles. The van der Waals surface area contributed by atoms with Gasteiger partial charge in [0.25, 0.3) is 0 Å². The first kappa shape index (κ1) is 14.2. The average molecular weight is 270 g/mol. The third kappa shape index (κ3) is 2.87. The number of nitrogens with two attached hydrogens (primary N) is 1. The molecule has 2 rings (SSSR count). The number of nitrogens with zero attached hydrogens (tertiary/aromatic N) is 1. The molecule has 1 aromatic rings. The van der Waals surface area contributed by atoms with Crippen molar-refractivity contribution in [2.24, 2.45) is 5.73 Å². The first-order valence-corrected chi connectivity index (χ1v) is 6.57. The largest absolute Gasteiger partial charge is 0.388 e. The van der Waals surface area contributed by atoms with Gasteiger partial charge in [0.1, 0.15) is 0 Å². The Labute approximate surface area is 112 Å². The highest BCUT2D eigenvalue weighted by Gasteiger charge is 2.33. The fraction of sp³-hybridized carbons (Fsp3) is 0.571. The highest BCUT2D eigenvalue weighted by Crippen LogP contribution is 2.32. The monoisotopic (exact) mass is 270 g/mol. The van der Waals surface area contributed by atoms with Crippen molar-refractivity contribution in [3.05, 3.63) is 29.3 Å². The summed E-state index contributed by atoms with van der Waals surface area (Å²) in [6.45, 7) is 0.280. The zero-order valence-corrected chi connectivity index (χ0v) is 11.1. The van der Waals surface area contributed by atoms with Gasteiger partial charge >= 0.3 is 0 Å². The lowest BCUT2D eigenvalue weighted by molar-refractivity contribution is 0.0558. The molecule has 1 fully saturated rings. The van der Waals surface area contributed by atoms with Gasteiger partial charge in [-0.1, -0.05) is 18.9 Å². The van der Waals surface area contributed by atoms with Crippen LogP contribution in [0.15, 0.2) is 12.1 Å². The minimum absolute atomic E-state index is 0.0311. The van der Waals surface area contributed by atoms with E-state index >= 15 is 0 Å². The van der Waals surface area contributed by atoms with E-state index in [-0.39, 0.29) is 17.8 Å². The van der Waals surface area contributed by atoms with Crippen LogP contribution >= 0.6 is 0 Å². The number of hydrogen-bond acceptors (Lipinski definition) is 3. The number of hydrogen-bond donors (Lipinski definition) is 2. The van der Waals surface area contributed by atoms with Crippen molar-refractivity contribution in [1.82, 2.24) is 0 Å². The molecule has 1 saturated carbocycles. The molecule has 19 heavy (non-hydrogen) atoms. The minimum Gasteiger partial charge on any atom is -0.388 e. The summed E-state index contributed by atoms with van der Waals surface area (Å²) in [6, 6.07) is 3.00. The molecule has 106 valence electrons. The molecular weight excluding hydrogens is 250 g/mol. The second kappa shape index (κ2) is 5.43. The van der Waals surface area contributed by atoms with Gasteiger partial charge in [0.05, 0.1) is 11.3 Å². The Kier molecular flexibility index (Phi) is 4.06. The third-order valence-corrected chi connectivity index (χ3v) is 3.84. The van der Waals surface area contributed by atoms with E-state index in [4.69, 9.17) is 5.73 Å². The van der Waals surface area contributed by atoms with Crippen molar-refractivity contribution in [1.29, 1.82) is 0 Å². The van der Waals surface area contributed by atoms with Crippen LogP contribution in [0.1, 0.15) is 31.2 Å². The Balaban J connectivity index is 2.19. The van der Waals surface area contributed by atoms with Crippen LogP contribution in [0.4, 0.5) is 14.5 Å². The van der Waals surface area contributed by atoms with E-state index in [1.165, 1.54) is 12.1 Å². The number of aliphatic hydroxyl groups is 1. The average Bonchev–Trinajstić information content (AvgIpc) is 2.79. The lowest BCUT2D eigenvalue weighted by atomic mass is 10.0. The van der Waals surface area contributed by atoms with Gasteiger partial charge in [-0.25, -0.2) is 8.78 Å². The fourth-order valence-corrected chi connectivity index (χ4v) is 2.75. The second-order valence-electron chi connectivity index (χ2n) is 5.36. The second-order valence-corrected chi connectivity index (χ2v) is 5.36. The molecule has 1 aliphatic carbocycles. The smallest absolute Gasteiger partial charge is 0.182 e. The first-order valence-electron chi connectivity index (χ1n) is 6.57. The van der Waals surface area contributed by atoms with Crippen molar-refractivity contribution in [2.45, 2.75) is 37.8 Å². The molecule has 3 nitrogen and oxygen atoms in total. The van der Waals surface area contributed by atoms with E-state index in [1.54, 1.807) is 11.9 Å². The van der Waals surface area contributed by atoms with Crippen molar-refractivity contribution in [3.63, 3.8) is 0 Å². The topological polar surface area (TPSA) is 49.5 Å². The quantitative estimate of drug-likeness (QED) is 0.881. The van der Waals surface area contributed by atoms with Crippen LogP contribution in [0.25, 0.3) is 0 Å². The highest BCUT2D eigenvalue weighted by atomic mass is 19.2. The van der Waals surface area contributed by atoms with Gasteiger partial charge in [-0.3, -0.25) is 0 Å².